The molecule has 2 heterocycles. The molecule has 1 aliphatic carbocycles. The average Bonchev–Trinajstić information content (AvgIpc) is 3.10. The number of imidazole rings is 1. The molecule has 0 saturated carbocycles. The molecule has 4 rings (SSSR count). The zero-order valence-electron chi connectivity index (χ0n) is 11.7. The van der Waals surface area contributed by atoms with E-state index in [1.54, 1.807) is 18.5 Å². The number of pyridine rings is 1. The molecule has 0 saturated heterocycles. The van der Waals surface area contributed by atoms with Crippen LogP contribution in [0.5, 0.6) is 0 Å². The molecule has 4 nitrogen and oxygen atoms in total. The molecule has 5 heteroatoms. The van der Waals surface area contributed by atoms with Gasteiger partial charge in [-0.1, -0.05) is 24.3 Å². The minimum Gasteiger partial charge on any atom is -0.390 e. The van der Waals surface area contributed by atoms with Gasteiger partial charge < -0.3 is 9.67 Å². The van der Waals surface area contributed by atoms with Crippen LogP contribution in [0.25, 0.3) is 11.5 Å². The summed E-state index contributed by atoms with van der Waals surface area (Å²) < 4.78 is 15.8. The van der Waals surface area contributed by atoms with Crippen molar-refractivity contribution in [3.8, 4) is 11.5 Å². The van der Waals surface area contributed by atoms with Gasteiger partial charge in [0.05, 0.1) is 12.1 Å². The van der Waals surface area contributed by atoms with Gasteiger partial charge >= 0.3 is 0 Å². The maximum atomic E-state index is 14.0. The van der Waals surface area contributed by atoms with Gasteiger partial charge in [0.15, 0.2) is 11.6 Å². The Balaban J connectivity index is 1.86. The molecule has 0 amide bonds. The SMILES string of the molecule is O[C@H]1Cc2ccccc2[C@H]1n1ccnc1-c1ncccc1F. The van der Waals surface area contributed by atoms with Gasteiger partial charge in [0.25, 0.3) is 0 Å². The third-order valence-electron chi connectivity index (χ3n) is 4.11. The number of rotatable bonds is 2. The highest BCUT2D eigenvalue weighted by Gasteiger charge is 2.33. The maximum absolute atomic E-state index is 14.0. The lowest BCUT2D eigenvalue weighted by Crippen LogP contribution is -2.21. The van der Waals surface area contributed by atoms with E-state index in [9.17, 15) is 9.50 Å². The molecule has 1 aromatic carbocycles. The molecule has 0 fully saturated rings. The molecule has 0 bridgehead atoms. The van der Waals surface area contributed by atoms with Gasteiger partial charge in [-0.3, -0.25) is 0 Å². The Morgan fingerprint density at radius 1 is 1.09 bits per heavy atom. The number of hydrogen-bond acceptors (Lipinski definition) is 3. The fraction of sp³-hybridized carbons (Fsp3) is 0.176. The van der Waals surface area contributed by atoms with E-state index in [1.807, 2.05) is 28.8 Å². The van der Waals surface area contributed by atoms with E-state index in [0.29, 0.717) is 12.2 Å². The Labute approximate surface area is 126 Å². The molecule has 1 aliphatic rings. The van der Waals surface area contributed by atoms with Gasteiger partial charge in [-0.15, -0.1) is 0 Å². The molecular formula is C17H14FN3O. The summed E-state index contributed by atoms with van der Waals surface area (Å²) in [4.78, 5) is 8.34. The number of aliphatic hydroxyl groups excluding tert-OH is 1. The van der Waals surface area contributed by atoms with E-state index in [0.717, 1.165) is 11.1 Å². The molecule has 0 radical (unpaired) electrons. The zero-order chi connectivity index (χ0) is 15.1. The van der Waals surface area contributed by atoms with E-state index in [2.05, 4.69) is 9.97 Å². The normalized spacial score (nSPS) is 20.1. The van der Waals surface area contributed by atoms with Crippen LogP contribution in [0.3, 0.4) is 0 Å². The molecule has 3 aromatic rings. The van der Waals surface area contributed by atoms with Crippen LogP contribution in [-0.2, 0) is 6.42 Å². The van der Waals surface area contributed by atoms with Crippen molar-refractivity contribution in [3.63, 3.8) is 0 Å². The van der Waals surface area contributed by atoms with Crippen molar-refractivity contribution in [1.29, 1.82) is 0 Å². The van der Waals surface area contributed by atoms with Crippen molar-refractivity contribution in [2.24, 2.45) is 0 Å². The smallest absolute Gasteiger partial charge is 0.162 e. The fourth-order valence-corrected chi connectivity index (χ4v) is 3.16. The Kier molecular flexibility index (Phi) is 3.01. The second kappa shape index (κ2) is 5.03. The van der Waals surface area contributed by atoms with Crippen LogP contribution in [0.15, 0.2) is 55.0 Å². The molecule has 110 valence electrons. The van der Waals surface area contributed by atoms with Crippen molar-refractivity contribution in [2.45, 2.75) is 18.6 Å². The predicted octanol–water partition coefficient (Wildman–Crippen LogP) is 2.59. The topological polar surface area (TPSA) is 50.9 Å². The highest BCUT2D eigenvalue weighted by molar-refractivity contribution is 5.52. The Morgan fingerprint density at radius 2 is 1.95 bits per heavy atom. The number of halogens is 1. The van der Waals surface area contributed by atoms with E-state index < -0.39 is 11.9 Å². The molecule has 1 N–H and O–H groups in total. The summed E-state index contributed by atoms with van der Waals surface area (Å²) in [7, 11) is 0. The summed E-state index contributed by atoms with van der Waals surface area (Å²) >= 11 is 0. The van der Waals surface area contributed by atoms with Gasteiger partial charge in [-0.05, 0) is 23.3 Å². The monoisotopic (exact) mass is 295 g/mol. The second-order valence-electron chi connectivity index (χ2n) is 5.41. The number of aromatic nitrogens is 3. The first kappa shape index (κ1) is 13.2. The second-order valence-corrected chi connectivity index (χ2v) is 5.41. The molecule has 2 aromatic heterocycles. The third kappa shape index (κ3) is 1.94. The van der Waals surface area contributed by atoms with Crippen molar-refractivity contribution in [2.75, 3.05) is 0 Å². The van der Waals surface area contributed by atoms with Crippen LogP contribution in [0.1, 0.15) is 17.2 Å². The minimum atomic E-state index is -0.558. The number of fused-ring (bicyclic) bond motifs is 1. The Morgan fingerprint density at radius 3 is 2.82 bits per heavy atom. The van der Waals surface area contributed by atoms with Gasteiger partial charge in [-0.25, -0.2) is 14.4 Å². The molecule has 22 heavy (non-hydrogen) atoms. The quantitative estimate of drug-likeness (QED) is 0.790. The van der Waals surface area contributed by atoms with Gasteiger partial charge in [0.2, 0.25) is 0 Å². The van der Waals surface area contributed by atoms with E-state index in [-0.39, 0.29) is 11.7 Å². The number of hydrogen-bond donors (Lipinski definition) is 1. The van der Waals surface area contributed by atoms with Crippen LogP contribution >= 0.6 is 0 Å². The zero-order valence-corrected chi connectivity index (χ0v) is 11.7. The Bertz CT molecular complexity index is 830. The molecule has 0 unspecified atom stereocenters. The summed E-state index contributed by atoms with van der Waals surface area (Å²) in [6.07, 6.45) is 4.94. The lowest BCUT2D eigenvalue weighted by molar-refractivity contribution is 0.145. The maximum Gasteiger partial charge on any atom is 0.162 e. The standard InChI is InChI=1S/C17H14FN3O/c18-13-6-3-7-19-15(13)17-20-8-9-21(17)16-12-5-2-1-4-11(12)10-14(16)22/h1-9,14,16,22H,10H2/t14-,16+/m0/s1. The van der Waals surface area contributed by atoms with Crippen LogP contribution in [0.4, 0.5) is 4.39 Å². The third-order valence-corrected chi connectivity index (χ3v) is 4.11. The highest BCUT2D eigenvalue weighted by atomic mass is 19.1. The van der Waals surface area contributed by atoms with Crippen LogP contribution in [0.2, 0.25) is 0 Å². The predicted molar refractivity (Wildman–Crippen MR) is 79.7 cm³/mol. The summed E-state index contributed by atoms with van der Waals surface area (Å²) in [6.45, 7) is 0. The first-order chi connectivity index (χ1) is 10.8. The lowest BCUT2D eigenvalue weighted by Gasteiger charge is -2.20. The lowest BCUT2D eigenvalue weighted by atomic mass is 10.1. The van der Waals surface area contributed by atoms with Crippen molar-refractivity contribution >= 4 is 0 Å². The number of aliphatic hydroxyl groups is 1. The summed E-state index contributed by atoms with van der Waals surface area (Å²) in [5.74, 6) is 0.00887. The van der Waals surface area contributed by atoms with Crippen molar-refractivity contribution in [1.82, 2.24) is 14.5 Å². The average molecular weight is 295 g/mol. The van der Waals surface area contributed by atoms with E-state index in [1.165, 1.54) is 12.3 Å². The first-order valence-electron chi connectivity index (χ1n) is 7.15. The highest BCUT2D eigenvalue weighted by Crippen LogP contribution is 2.36. The summed E-state index contributed by atoms with van der Waals surface area (Å²) in [5, 5.41) is 10.5. The van der Waals surface area contributed by atoms with Gasteiger partial charge in [0.1, 0.15) is 5.69 Å². The van der Waals surface area contributed by atoms with Crippen LogP contribution in [-0.4, -0.2) is 25.7 Å². The summed E-state index contributed by atoms with van der Waals surface area (Å²) in [6, 6.07) is 10.6. The van der Waals surface area contributed by atoms with E-state index in [4.69, 9.17) is 0 Å². The molecule has 2 atom stereocenters. The van der Waals surface area contributed by atoms with Crippen molar-refractivity contribution in [3.05, 3.63) is 71.9 Å². The van der Waals surface area contributed by atoms with Crippen LogP contribution < -0.4 is 0 Å². The molecule has 0 spiro atoms. The van der Waals surface area contributed by atoms with Crippen molar-refractivity contribution < 1.29 is 9.50 Å². The largest absolute Gasteiger partial charge is 0.390 e. The Hall–Kier alpha value is -2.53. The molecule has 0 aliphatic heterocycles. The minimum absolute atomic E-state index is 0.198. The van der Waals surface area contributed by atoms with E-state index >= 15 is 0 Å². The fourth-order valence-electron chi connectivity index (χ4n) is 3.16. The summed E-state index contributed by atoms with van der Waals surface area (Å²) in [5.41, 5.74) is 2.36. The van der Waals surface area contributed by atoms with Gasteiger partial charge in [0, 0.05) is 25.0 Å². The first-order valence-corrected chi connectivity index (χ1v) is 7.15. The number of nitrogens with zero attached hydrogens (tertiary/aromatic N) is 3. The number of benzene rings is 1. The van der Waals surface area contributed by atoms with Gasteiger partial charge in [-0.2, -0.15) is 0 Å². The van der Waals surface area contributed by atoms with Crippen LogP contribution in [0, 0.1) is 5.82 Å². The molecular weight excluding hydrogens is 281 g/mol.